The Balaban J connectivity index is -0.0000000457. The van der Waals surface area contributed by atoms with Gasteiger partial charge < -0.3 is 47.4 Å². The Bertz CT molecular complexity index is 58.0. The summed E-state index contributed by atoms with van der Waals surface area (Å²) in [4.78, 5) is 66.1. The number of rotatable bonds is 0. The van der Waals surface area contributed by atoms with Crippen molar-refractivity contribution in [1.82, 2.24) is 0 Å². The first-order chi connectivity index (χ1) is 4.00. The minimum Gasteiger partial charge on any atom is -0.894 e. The molecule has 0 radical (unpaired) electrons. The van der Waals surface area contributed by atoms with E-state index in [9.17, 15) is 0 Å². The van der Waals surface area contributed by atoms with Gasteiger partial charge in [0.05, 0.1) is 0 Å². The summed E-state index contributed by atoms with van der Waals surface area (Å²) in [6.45, 7) is 0. The first-order valence-corrected chi connectivity index (χ1v) is 5.02. The van der Waals surface area contributed by atoms with Crippen LogP contribution in [0.2, 0.25) is 0 Å². The minimum absolute atomic E-state index is 0. The summed E-state index contributed by atoms with van der Waals surface area (Å²) in [5.41, 5.74) is 0. The van der Waals surface area contributed by atoms with Crippen molar-refractivity contribution in [2.24, 2.45) is 0 Å². The van der Waals surface area contributed by atoms with E-state index in [4.69, 9.17) is 38.4 Å². The van der Waals surface area contributed by atoms with E-state index in [0.717, 1.165) is 0 Å². The van der Waals surface area contributed by atoms with Crippen LogP contribution in [0, 0.1) is 0 Å². The molecule has 0 fully saturated rings. The molecule has 0 atom stereocenters. The molecule has 0 saturated heterocycles. The van der Waals surface area contributed by atoms with E-state index in [1.54, 1.807) is 0 Å². The monoisotopic (exact) mass is 416 g/mol. The molecular formula is H2In2O8Si2. The van der Waals surface area contributed by atoms with Gasteiger partial charge in [-0.15, -0.1) is 0 Å². The molecule has 0 amide bonds. The summed E-state index contributed by atoms with van der Waals surface area (Å²) in [6.07, 6.45) is 0. The summed E-state index contributed by atoms with van der Waals surface area (Å²) in [7, 11) is -10.7. The first kappa shape index (κ1) is 23.6. The summed E-state index contributed by atoms with van der Waals surface area (Å²) >= 11 is 0. The number of hydrogen-bond donors (Lipinski definition) is 2. The topological polar surface area (TPSA) is 179 Å². The summed E-state index contributed by atoms with van der Waals surface area (Å²) in [5.74, 6) is 0. The van der Waals surface area contributed by atoms with Crippen molar-refractivity contribution in [2.45, 2.75) is 0 Å². The van der Waals surface area contributed by atoms with Crippen LogP contribution in [0.1, 0.15) is 0 Å². The second-order valence-electron chi connectivity index (χ2n) is 1.05. The molecule has 12 heavy (non-hydrogen) atoms. The predicted octanol–water partition coefficient (Wildman–Crippen LogP) is -9.77. The summed E-state index contributed by atoms with van der Waals surface area (Å²) in [5, 5.41) is 0. The van der Waals surface area contributed by atoms with E-state index in [-0.39, 0.29) is 51.7 Å². The number of hydrogen-bond acceptors (Lipinski definition) is 8. The SMILES string of the molecule is [In+3].[In+3].[O-][Si]([O-])(O)O.[O-][Si]([O-])([O-])[O-]. The van der Waals surface area contributed by atoms with E-state index in [1.807, 2.05) is 0 Å². The van der Waals surface area contributed by atoms with Gasteiger partial charge >= 0.3 is 51.7 Å². The van der Waals surface area contributed by atoms with Gasteiger partial charge in [-0.2, -0.15) is 0 Å². The van der Waals surface area contributed by atoms with Gasteiger partial charge in [0.25, 0.3) is 0 Å². The van der Waals surface area contributed by atoms with Gasteiger partial charge in [0, 0.05) is 0 Å². The molecule has 0 aromatic carbocycles. The quantitative estimate of drug-likeness (QED) is 0.366. The Morgan fingerprint density at radius 3 is 0.667 bits per heavy atom. The molecule has 12 heteroatoms. The van der Waals surface area contributed by atoms with Crippen LogP contribution in [0.25, 0.3) is 0 Å². The van der Waals surface area contributed by atoms with Gasteiger partial charge in [-0.25, -0.2) is 0 Å². The third-order valence-electron chi connectivity index (χ3n) is 0. The van der Waals surface area contributed by atoms with Crippen molar-refractivity contribution in [3.63, 3.8) is 0 Å². The summed E-state index contributed by atoms with van der Waals surface area (Å²) < 4.78 is 0. The first-order valence-electron chi connectivity index (χ1n) is 1.67. The van der Waals surface area contributed by atoms with Gasteiger partial charge in [-0.3, -0.25) is 0 Å². The average molecular weight is 416 g/mol. The van der Waals surface area contributed by atoms with Crippen molar-refractivity contribution in [1.29, 1.82) is 0 Å². The Morgan fingerprint density at radius 2 is 0.667 bits per heavy atom. The van der Waals surface area contributed by atoms with Crippen LogP contribution in [0.15, 0.2) is 0 Å². The van der Waals surface area contributed by atoms with Crippen LogP contribution in [0.3, 0.4) is 0 Å². The maximum Gasteiger partial charge on any atom is 3.00 e. The van der Waals surface area contributed by atoms with Crippen LogP contribution < -0.4 is 28.8 Å². The Morgan fingerprint density at radius 1 is 0.667 bits per heavy atom. The minimum atomic E-state index is -5.61. The van der Waals surface area contributed by atoms with Crippen LogP contribution in [-0.4, -0.2) is 79.4 Å². The average Bonchev–Trinajstić information content (AvgIpc) is 1.12. The van der Waals surface area contributed by atoms with Crippen LogP contribution in [0.4, 0.5) is 0 Å². The fourth-order valence-corrected chi connectivity index (χ4v) is 0. The molecular weight excluding hydrogens is 414 g/mol. The second-order valence-corrected chi connectivity index (χ2v) is 3.15. The van der Waals surface area contributed by atoms with Gasteiger partial charge in [0.1, 0.15) is 9.05 Å². The second kappa shape index (κ2) is 9.41. The zero-order chi connectivity index (χ0) is 9.00. The van der Waals surface area contributed by atoms with Crippen molar-refractivity contribution >= 4 is 69.8 Å². The van der Waals surface area contributed by atoms with E-state index in [1.165, 1.54) is 0 Å². The zero-order valence-corrected chi connectivity index (χ0v) is 14.1. The smallest absolute Gasteiger partial charge is 0.894 e. The van der Waals surface area contributed by atoms with Crippen LogP contribution in [-0.2, 0) is 0 Å². The third kappa shape index (κ3) is 406. The maximum absolute atomic E-state index is 8.80. The van der Waals surface area contributed by atoms with E-state index in [2.05, 4.69) is 0 Å². The summed E-state index contributed by atoms with van der Waals surface area (Å²) in [6, 6.07) is 0. The Hall–Kier alpha value is 1.85. The molecule has 0 saturated carbocycles. The van der Waals surface area contributed by atoms with E-state index in [0.29, 0.717) is 0 Å². The fraction of sp³-hybridized carbons (Fsp3) is 0. The molecule has 0 aromatic heterocycles. The maximum atomic E-state index is 8.80. The van der Waals surface area contributed by atoms with Gasteiger partial charge in [0.15, 0.2) is 0 Å². The van der Waals surface area contributed by atoms with Gasteiger partial charge in [-0.1, -0.05) is 0 Å². The van der Waals surface area contributed by atoms with Crippen molar-refractivity contribution in [3.8, 4) is 0 Å². The Labute approximate surface area is 107 Å². The molecule has 0 spiro atoms. The van der Waals surface area contributed by atoms with E-state index >= 15 is 0 Å². The molecule has 2 N–H and O–H groups in total. The molecule has 0 rings (SSSR count). The largest absolute Gasteiger partial charge is 3.00 e. The normalized spacial score (nSPS) is 10.0. The molecule has 0 aliphatic heterocycles. The van der Waals surface area contributed by atoms with Gasteiger partial charge in [-0.05, 0) is 0 Å². The fourth-order valence-electron chi connectivity index (χ4n) is 0. The molecule has 0 aliphatic rings. The molecule has 64 valence electrons. The molecule has 0 heterocycles. The van der Waals surface area contributed by atoms with Crippen molar-refractivity contribution < 1.29 is 38.4 Å². The van der Waals surface area contributed by atoms with Gasteiger partial charge in [0.2, 0.25) is 0 Å². The van der Waals surface area contributed by atoms with E-state index < -0.39 is 18.1 Å². The third-order valence-corrected chi connectivity index (χ3v) is 0. The molecule has 0 bridgehead atoms. The van der Waals surface area contributed by atoms with Crippen molar-refractivity contribution in [3.05, 3.63) is 0 Å². The van der Waals surface area contributed by atoms with Crippen LogP contribution >= 0.6 is 0 Å². The van der Waals surface area contributed by atoms with Crippen LogP contribution in [0.5, 0.6) is 0 Å². The standard InChI is InChI=1S/2In.H2O4Si.O4Si/c;;2*1-5(2,3)4/h;;1-2H;/q2*+3;-2;-4. The molecule has 0 aromatic rings. The molecule has 0 unspecified atom stereocenters. The zero-order valence-electron chi connectivity index (χ0n) is 5.50. The predicted molar refractivity (Wildman–Crippen MR) is 27.5 cm³/mol. The Kier molecular flexibility index (Phi) is 18.5. The van der Waals surface area contributed by atoms with Crippen molar-refractivity contribution in [2.75, 3.05) is 0 Å². The molecule has 0 aliphatic carbocycles. The molecule has 8 nitrogen and oxygen atoms in total.